The van der Waals surface area contributed by atoms with E-state index in [2.05, 4.69) is 19.2 Å². The SMILES string of the molecule is Cc1ccc(NC(=O)CC2CCCCC2N)cc1C. The van der Waals surface area contributed by atoms with Gasteiger partial charge in [-0.2, -0.15) is 0 Å². The summed E-state index contributed by atoms with van der Waals surface area (Å²) in [4.78, 5) is 12.1. The van der Waals surface area contributed by atoms with Crippen LogP contribution in [0.15, 0.2) is 18.2 Å². The Kier molecular flexibility index (Phi) is 4.59. The van der Waals surface area contributed by atoms with Crippen LogP contribution in [0.5, 0.6) is 0 Å². The molecule has 0 saturated heterocycles. The third kappa shape index (κ3) is 3.80. The molecule has 0 spiro atoms. The quantitative estimate of drug-likeness (QED) is 0.877. The minimum absolute atomic E-state index is 0.0885. The van der Waals surface area contributed by atoms with Crippen LogP contribution in [-0.4, -0.2) is 11.9 Å². The molecule has 2 rings (SSSR count). The lowest BCUT2D eigenvalue weighted by molar-refractivity contribution is -0.117. The van der Waals surface area contributed by atoms with E-state index in [1.54, 1.807) is 0 Å². The lowest BCUT2D eigenvalue weighted by atomic mass is 9.83. The number of hydrogen-bond donors (Lipinski definition) is 2. The molecule has 0 radical (unpaired) electrons. The van der Waals surface area contributed by atoms with E-state index in [4.69, 9.17) is 5.73 Å². The predicted molar refractivity (Wildman–Crippen MR) is 79.1 cm³/mol. The van der Waals surface area contributed by atoms with Crippen LogP contribution in [0.25, 0.3) is 0 Å². The maximum absolute atomic E-state index is 12.1. The highest BCUT2D eigenvalue weighted by Gasteiger charge is 2.24. The second-order valence-electron chi connectivity index (χ2n) is 5.76. The number of amides is 1. The summed E-state index contributed by atoms with van der Waals surface area (Å²) in [5, 5.41) is 2.98. The van der Waals surface area contributed by atoms with Gasteiger partial charge in [0.2, 0.25) is 5.91 Å². The molecule has 2 atom stereocenters. The number of anilines is 1. The zero-order chi connectivity index (χ0) is 13.8. The average molecular weight is 260 g/mol. The smallest absolute Gasteiger partial charge is 0.224 e. The van der Waals surface area contributed by atoms with Gasteiger partial charge < -0.3 is 11.1 Å². The van der Waals surface area contributed by atoms with Crippen LogP contribution in [0, 0.1) is 19.8 Å². The molecule has 3 nitrogen and oxygen atoms in total. The third-order valence-corrected chi connectivity index (χ3v) is 4.21. The molecule has 1 aliphatic rings. The van der Waals surface area contributed by atoms with Gasteiger partial charge in [0.15, 0.2) is 0 Å². The molecule has 1 fully saturated rings. The van der Waals surface area contributed by atoms with Gasteiger partial charge in [-0.05, 0) is 55.9 Å². The minimum Gasteiger partial charge on any atom is -0.327 e. The molecule has 19 heavy (non-hydrogen) atoms. The van der Waals surface area contributed by atoms with E-state index >= 15 is 0 Å². The van der Waals surface area contributed by atoms with E-state index in [0.29, 0.717) is 12.3 Å². The summed E-state index contributed by atoms with van der Waals surface area (Å²) in [6.07, 6.45) is 5.10. The molecular weight excluding hydrogens is 236 g/mol. The van der Waals surface area contributed by atoms with Crippen molar-refractivity contribution in [2.45, 2.75) is 52.0 Å². The molecule has 104 valence electrons. The van der Waals surface area contributed by atoms with Crippen LogP contribution in [0.2, 0.25) is 0 Å². The normalized spacial score (nSPS) is 23.1. The van der Waals surface area contributed by atoms with Crippen molar-refractivity contribution >= 4 is 11.6 Å². The molecule has 1 saturated carbocycles. The standard InChI is InChI=1S/C16H24N2O/c1-11-7-8-14(9-12(11)2)18-16(19)10-13-5-3-4-6-15(13)17/h7-9,13,15H,3-6,10,17H2,1-2H3,(H,18,19). The van der Waals surface area contributed by atoms with Crippen molar-refractivity contribution in [2.24, 2.45) is 11.7 Å². The molecule has 0 aliphatic heterocycles. The molecule has 3 N–H and O–H groups in total. The van der Waals surface area contributed by atoms with Gasteiger partial charge >= 0.3 is 0 Å². The summed E-state index contributed by atoms with van der Waals surface area (Å²) in [7, 11) is 0. The van der Waals surface area contributed by atoms with Crippen molar-refractivity contribution in [3.05, 3.63) is 29.3 Å². The highest BCUT2D eigenvalue weighted by molar-refractivity contribution is 5.91. The Labute approximate surface area is 115 Å². The summed E-state index contributed by atoms with van der Waals surface area (Å²) in [5.74, 6) is 0.436. The molecule has 2 unspecified atom stereocenters. The van der Waals surface area contributed by atoms with Crippen molar-refractivity contribution < 1.29 is 4.79 Å². The third-order valence-electron chi connectivity index (χ3n) is 4.21. The lowest BCUT2D eigenvalue weighted by Gasteiger charge is -2.27. The second-order valence-corrected chi connectivity index (χ2v) is 5.76. The van der Waals surface area contributed by atoms with Gasteiger partial charge in [-0.25, -0.2) is 0 Å². The first-order valence-corrected chi connectivity index (χ1v) is 7.19. The Balaban J connectivity index is 1.91. The first-order chi connectivity index (χ1) is 9.06. The fraction of sp³-hybridized carbons (Fsp3) is 0.562. The van der Waals surface area contributed by atoms with Crippen molar-refractivity contribution in [2.75, 3.05) is 5.32 Å². The number of aryl methyl sites for hydroxylation is 2. The number of nitrogens with one attached hydrogen (secondary N) is 1. The Morgan fingerprint density at radius 2 is 2.00 bits per heavy atom. The second kappa shape index (κ2) is 6.20. The maximum Gasteiger partial charge on any atom is 0.224 e. The first-order valence-electron chi connectivity index (χ1n) is 7.19. The Hall–Kier alpha value is -1.35. The summed E-state index contributed by atoms with van der Waals surface area (Å²) in [6, 6.07) is 6.21. The zero-order valence-corrected chi connectivity index (χ0v) is 11.9. The molecule has 0 aromatic heterocycles. The van der Waals surface area contributed by atoms with Gasteiger partial charge in [-0.1, -0.05) is 18.9 Å². The summed E-state index contributed by atoms with van der Waals surface area (Å²) >= 11 is 0. The Morgan fingerprint density at radius 3 is 2.68 bits per heavy atom. The van der Waals surface area contributed by atoms with E-state index in [1.165, 1.54) is 24.0 Å². The molecule has 1 aromatic carbocycles. The summed E-state index contributed by atoms with van der Waals surface area (Å²) < 4.78 is 0. The van der Waals surface area contributed by atoms with Gasteiger partial charge in [-0.3, -0.25) is 4.79 Å². The Bertz CT molecular complexity index is 456. The highest BCUT2D eigenvalue weighted by atomic mass is 16.1. The van der Waals surface area contributed by atoms with Crippen LogP contribution in [0.1, 0.15) is 43.2 Å². The predicted octanol–water partition coefficient (Wildman–Crippen LogP) is 3.15. The van der Waals surface area contributed by atoms with E-state index in [1.807, 2.05) is 18.2 Å². The van der Waals surface area contributed by atoms with Crippen molar-refractivity contribution in [1.29, 1.82) is 0 Å². The topological polar surface area (TPSA) is 55.1 Å². The average Bonchev–Trinajstić information content (AvgIpc) is 2.37. The molecule has 0 bridgehead atoms. The maximum atomic E-state index is 12.1. The molecule has 1 amide bonds. The largest absolute Gasteiger partial charge is 0.327 e. The fourth-order valence-electron chi connectivity index (χ4n) is 2.76. The van der Waals surface area contributed by atoms with Crippen LogP contribution >= 0.6 is 0 Å². The fourth-order valence-corrected chi connectivity index (χ4v) is 2.76. The molecule has 1 aromatic rings. The number of rotatable bonds is 3. The van der Waals surface area contributed by atoms with E-state index < -0.39 is 0 Å². The number of carbonyl (C=O) groups excluding carboxylic acids is 1. The molecule has 0 heterocycles. The number of nitrogens with two attached hydrogens (primary N) is 1. The van der Waals surface area contributed by atoms with Gasteiger partial charge in [-0.15, -0.1) is 0 Å². The zero-order valence-electron chi connectivity index (χ0n) is 11.9. The summed E-state index contributed by atoms with van der Waals surface area (Å²) in [5.41, 5.74) is 9.42. The van der Waals surface area contributed by atoms with Crippen LogP contribution in [0.3, 0.4) is 0 Å². The van der Waals surface area contributed by atoms with Gasteiger partial charge in [0.25, 0.3) is 0 Å². The Morgan fingerprint density at radius 1 is 1.26 bits per heavy atom. The monoisotopic (exact) mass is 260 g/mol. The molecule has 3 heteroatoms. The molecule has 1 aliphatic carbocycles. The van der Waals surface area contributed by atoms with Crippen molar-refractivity contribution in [1.82, 2.24) is 0 Å². The highest BCUT2D eigenvalue weighted by Crippen LogP contribution is 2.26. The minimum atomic E-state index is 0.0885. The van der Waals surface area contributed by atoms with Crippen molar-refractivity contribution in [3.8, 4) is 0 Å². The van der Waals surface area contributed by atoms with E-state index in [-0.39, 0.29) is 11.9 Å². The molecular formula is C16H24N2O. The van der Waals surface area contributed by atoms with Gasteiger partial charge in [0.05, 0.1) is 0 Å². The number of hydrogen-bond acceptors (Lipinski definition) is 2. The van der Waals surface area contributed by atoms with Crippen LogP contribution < -0.4 is 11.1 Å². The van der Waals surface area contributed by atoms with Crippen LogP contribution in [0.4, 0.5) is 5.69 Å². The van der Waals surface area contributed by atoms with E-state index in [9.17, 15) is 4.79 Å². The van der Waals surface area contributed by atoms with E-state index in [0.717, 1.165) is 18.5 Å². The lowest BCUT2D eigenvalue weighted by Crippen LogP contribution is -2.35. The first kappa shape index (κ1) is 14.1. The van der Waals surface area contributed by atoms with Gasteiger partial charge in [0, 0.05) is 18.2 Å². The number of carbonyl (C=O) groups is 1. The van der Waals surface area contributed by atoms with Crippen molar-refractivity contribution in [3.63, 3.8) is 0 Å². The van der Waals surface area contributed by atoms with Crippen LogP contribution in [-0.2, 0) is 4.79 Å². The van der Waals surface area contributed by atoms with Gasteiger partial charge in [0.1, 0.15) is 0 Å². The number of benzene rings is 1. The summed E-state index contributed by atoms with van der Waals surface area (Å²) in [6.45, 7) is 4.13.